The van der Waals surface area contributed by atoms with E-state index in [1.165, 1.54) is 12.5 Å². The molecule has 2 fully saturated rings. The highest BCUT2D eigenvalue weighted by molar-refractivity contribution is 5.97. The Labute approximate surface area is 118 Å². The Balaban J connectivity index is 1.79. The SMILES string of the molecule is NCCCN(C(=O)C1C2CCCC21)c1ccccc1F. The van der Waals surface area contributed by atoms with E-state index in [0.29, 0.717) is 37.0 Å². The summed E-state index contributed by atoms with van der Waals surface area (Å²) in [6.07, 6.45) is 4.25. The fourth-order valence-corrected chi connectivity index (χ4v) is 3.64. The molecule has 2 atom stereocenters. The van der Waals surface area contributed by atoms with E-state index in [4.69, 9.17) is 5.73 Å². The zero-order valence-electron chi connectivity index (χ0n) is 11.6. The number of carbonyl (C=O) groups is 1. The molecule has 0 heterocycles. The molecule has 0 bridgehead atoms. The number of fused-ring (bicyclic) bond motifs is 1. The van der Waals surface area contributed by atoms with Gasteiger partial charge in [-0.3, -0.25) is 4.79 Å². The highest BCUT2D eigenvalue weighted by Gasteiger charge is 2.57. The molecule has 2 aliphatic rings. The molecule has 0 radical (unpaired) electrons. The highest BCUT2D eigenvalue weighted by atomic mass is 19.1. The predicted octanol–water partition coefficient (Wildman–Crippen LogP) is 2.55. The van der Waals surface area contributed by atoms with Gasteiger partial charge in [0.1, 0.15) is 5.82 Å². The molecule has 0 aromatic heterocycles. The minimum absolute atomic E-state index is 0.0956. The van der Waals surface area contributed by atoms with Gasteiger partial charge in [0.05, 0.1) is 5.69 Å². The topological polar surface area (TPSA) is 46.3 Å². The average molecular weight is 276 g/mol. The van der Waals surface area contributed by atoms with Crippen LogP contribution >= 0.6 is 0 Å². The molecule has 2 unspecified atom stereocenters. The van der Waals surface area contributed by atoms with Crippen molar-refractivity contribution in [1.29, 1.82) is 0 Å². The molecule has 0 saturated heterocycles. The van der Waals surface area contributed by atoms with Crippen LogP contribution in [0.5, 0.6) is 0 Å². The third kappa shape index (κ3) is 2.33. The summed E-state index contributed by atoms with van der Waals surface area (Å²) in [7, 11) is 0. The monoisotopic (exact) mass is 276 g/mol. The second-order valence-electron chi connectivity index (χ2n) is 5.87. The van der Waals surface area contributed by atoms with E-state index in [-0.39, 0.29) is 17.6 Å². The first-order chi connectivity index (χ1) is 9.74. The standard InChI is InChI=1S/C16H21FN2O/c17-13-7-1-2-8-14(13)19(10-4-9-18)16(20)15-11-5-3-6-12(11)15/h1-2,7-8,11-12,15H,3-6,9-10,18H2. The van der Waals surface area contributed by atoms with Crippen LogP contribution in [0.4, 0.5) is 10.1 Å². The summed E-state index contributed by atoms with van der Waals surface area (Å²) in [5.41, 5.74) is 5.94. The van der Waals surface area contributed by atoms with Gasteiger partial charge in [-0.15, -0.1) is 0 Å². The molecule has 2 aliphatic carbocycles. The lowest BCUT2D eigenvalue weighted by molar-refractivity contribution is -0.120. The number of hydrogen-bond acceptors (Lipinski definition) is 2. The van der Waals surface area contributed by atoms with E-state index in [1.54, 1.807) is 23.1 Å². The van der Waals surface area contributed by atoms with Gasteiger partial charge in [0.15, 0.2) is 0 Å². The van der Waals surface area contributed by atoms with Crippen LogP contribution in [0, 0.1) is 23.6 Å². The number of anilines is 1. The molecule has 108 valence electrons. The summed E-state index contributed by atoms with van der Waals surface area (Å²) in [6.45, 7) is 1.02. The molecule has 4 heteroatoms. The number of hydrogen-bond donors (Lipinski definition) is 1. The van der Waals surface area contributed by atoms with Crippen LogP contribution in [0.2, 0.25) is 0 Å². The average Bonchev–Trinajstić information content (AvgIpc) is 2.93. The number of halogens is 1. The Morgan fingerprint density at radius 3 is 2.65 bits per heavy atom. The molecule has 2 saturated carbocycles. The third-order valence-corrected chi connectivity index (χ3v) is 4.69. The number of rotatable bonds is 5. The molecule has 3 rings (SSSR count). The first-order valence-corrected chi connectivity index (χ1v) is 7.50. The van der Waals surface area contributed by atoms with Crippen molar-refractivity contribution in [2.24, 2.45) is 23.5 Å². The second kappa shape index (κ2) is 5.52. The number of benzene rings is 1. The molecule has 3 nitrogen and oxygen atoms in total. The normalized spacial score (nSPS) is 27.2. The number of para-hydroxylation sites is 1. The van der Waals surface area contributed by atoms with Crippen LogP contribution < -0.4 is 10.6 Å². The Bertz CT molecular complexity index is 495. The van der Waals surface area contributed by atoms with E-state index in [9.17, 15) is 9.18 Å². The van der Waals surface area contributed by atoms with Crippen LogP contribution in [-0.4, -0.2) is 19.0 Å². The maximum absolute atomic E-state index is 14.0. The van der Waals surface area contributed by atoms with Crippen molar-refractivity contribution in [3.8, 4) is 0 Å². The number of carbonyl (C=O) groups excluding carboxylic acids is 1. The van der Waals surface area contributed by atoms with E-state index in [0.717, 1.165) is 12.8 Å². The van der Waals surface area contributed by atoms with Crippen molar-refractivity contribution < 1.29 is 9.18 Å². The van der Waals surface area contributed by atoms with Gasteiger partial charge in [-0.25, -0.2) is 4.39 Å². The van der Waals surface area contributed by atoms with Gasteiger partial charge in [0.25, 0.3) is 0 Å². The van der Waals surface area contributed by atoms with E-state index < -0.39 is 0 Å². The number of amides is 1. The first kappa shape index (κ1) is 13.6. The fourth-order valence-electron chi connectivity index (χ4n) is 3.64. The molecule has 1 amide bonds. The maximum atomic E-state index is 14.0. The van der Waals surface area contributed by atoms with Gasteiger partial charge < -0.3 is 10.6 Å². The van der Waals surface area contributed by atoms with Crippen LogP contribution in [0.3, 0.4) is 0 Å². The molecule has 2 N–H and O–H groups in total. The van der Waals surface area contributed by atoms with Gasteiger partial charge >= 0.3 is 0 Å². The van der Waals surface area contributed by atoms with E-state index in [2.05, 4.69) is 0 Å². The van der Waals surface area contributed by atoms with Crippen LogP contribution in [-0.2, 0) is 4.79 Å². The predicted molar refractivity (Wildman–Crippen MR) is 76.7 cm³/mol. The van der Waals surface area contributed by atoms with Crippen molar-refractivity contribution in [3.63, 3.8) is 0 Å². The summed E-state index contributed by atoms with van der Waals surface area (Å²) >= 11 is 0. The molecular formula is C16H21FN2O. The van der Waals surface area contributed by atoms with Gasteiger partial charge in [-0.05, 0) is 49.8 Å². The Hall–Kier alpha value is -1.42. The van der Waals surface area contributed by atoms with Crippen molar-refractivity contribution in [2.45, 2.75) is 25.7 Å². The number of nitrogens with zero attached hydrogens (tertiary/aromatic N) is 1. The van der Waals surface area contributed by atoms with Gasteiger partial charge in [-0.2, -0.15) is 0 Å². The van der Waals surface area contributed by atoms with Gasteiger partial charge in [-0.1, -0.05) is 18.6 Å². The molecule has 0 aliphatic heterocycles. The molecule has 0 spiro atoms. The fraction of sp³-hybridized carbons (Fsp3) is 0.562. The third-order valence-electron chi connectivity index (χ3n) is 4.69. The van der Waals surface area contributed by atoms with Gasteiger partial charge in [0.2, 0.25) is 5.91 Å². The quantitative estimate of drug-likeness (QED) is 0.898. The summed E-state index contributed by atoms with van der Waals surface area (Å²) in [5.74, 6) is 0.993. The van der Waals surface area contributed by atoms with Crippen LogP contribution in [0.1, 0.15) is 25.7 Å². The van der Waals surface area contributed by atoms with Crippen LogP contribution in [0.15, 0.2) is 24.3 Å². The Morgan fingerprint density at radius 2 is 2.00 bits per heavy atom. The summed E-state index contributed by atoms with van der Waals surface area (Å²) < 4.78 is 14.0. The molecule has 1 aromatic rings. The molecule has 20 heavy (non-hydrogen) atoms. The first-order valence-electron chi connectivity index (χ1n) is 7.50. The second-order valence-corrected chi connectivity index (χ2v) is 5.87. The largest absolute Gasteiger partial charge is 0.330 e. The lowest BCUT2D eigenvalue weighted by atomic mass is 10.1. The van der Waals surface area contributed by atoms with Gasteiger partial charge in [0, 0.05) is 12.5 Å². The van der Waals surface area contributed by atoms with Crippen molar-refractivity contribution in [2.75, 3.05) is 18.0 Å². The minimum Gasteiger partial charge on any atom is -0.330 e. The Morgan fingerprint density at radius 1 is 1.30 bits per heavy atom. The number of nitrogens with two attached hydrogens (primary N) is 1. The zero-order chi connectivity index (χ0) is 14.1. The highest BCUT2D eigenvalue weighted by Crippen LogP contribution is 2.58. The maximum Gasteiger partial charge on any atom is 0.230 e. The van der Waals surface area contributed by atoms with E-state index >= 15 is 0 Å². The van der Waals surface area contributed by atoms with Crippen molar-refractivity contribution in [3.05, 3.63) is 30.1 Å². The Kier molecular flexibility index (Phi) is 3.74. The molecular weight excluding hydrogens is 255 g/mol. The van der Waals surface area contributed by atoms with Crippen molar-refractivity contribution >= 4 is 11.6 Å². The summed E-state index contributed by atoms with van der Waals surface area (Å²) in [4.78, 5) is 14.3. The minimum atomic E-state index is -0.330. The zero-order valence-corrected chi connectivity index (χ0v) is 11.6. The summed E-state index contributed by atoms with van der Waals surface area (Å²) in [5, 5.41) is 0. The molecule has 1 aromatic carbocycles. The van der Waals surface area contributed by atoms with Crippen molar-refractivity contribution in [1.82, 2.24) is 0 Å². The van der Waals surface area contributed by atoms with Crippen LogP contribution in [0.25, 0.3) is 0 Å². The lowest BCUT2D eigenvalue weighted by Crippen LogP contribution is -2.35. The lowest BCUT2D eigenvalue weighted by Gasteiger charge is -2.24. The smallest absolute Gasteiger partial charge is 0.230 e. The summed E-state index contributed by atoms with van der Waals surface area (Å²) in [6, 6.07) is 6.51. The van der Waals surface area contributed by atoms with E-state index in [1.807, 2.05) is 0 Å².